The first-order valence-corrected chi connectivity index (χ1v) is 17.5. The molecule has 0 radical (unpaired) electrons. The lowest BCUT2D eigenvalue weighted by atomic mass is 10.0. The average Bonchev–Trinajstić information content (AvgIpc) is 3.85. The van der Waals surface area contributed by atoms with Gasteiger partial charge in [-0.15, -0.1) is 0 Å². The molecule has 3 aromatic heterocycles. The zero-order valence-electron chi connectivity index (χ0n) is 28.5. The Morgan fingerprint density at radius 3 is 2.47 bits per heavy atom. The summed E-state index contributed by atoms with van der Waals surface area (Å²) in [5, 5.41) is 1.12. The first-order valence-electron chi connectivity index (χ1n) is 17.5. The Hall–Kier alpha value is -3.77. The molecule has 2 atom stereocenters. The standard InChI is InChI=1S/C33H36N6.3C2H6/c34-32-31-30(26-13-12-25-14-15-28(36-29(25)21-26)24-8-4-2-1-3-5-9-24)37-33(39(31)19-16-35-32)27-11-10-23(20-27)22-38-17-6-7-18-38;3*1-2/h2-5,8,12-16,19,21,23,27H,1,6-7,9-11,17-18,20,22H2,(H2,34,35);3*1-2H3/b4-2-,5-3-,24-8+;;;. The molecule has 6 heteroatoms. The summed E-state index contributed by atoms with van der Waals surface area (Å²) < 4.78 is 2.20. The molecule has 0 bridgehead atoms. The summed E-state index contributed by atoms with van der Waals surface area (Å²) in [5.74, 6) is 2.84. The minimum absolute atomic E-state index is 0.443. The van der Waals surface area contributed by atoms with Crippen molar-refractivity contribution in [2.24, 2.45) is 5.92 Å². The second kappa shape index (κ2) is 17.1. The molecule has 1 aliphatic heterocycles. The van der Waals surface area contributed by atoms with E-state index in [-0.39, 0.29) is 0 Å². The lowest BCUT2D eigenvalue weighted by molar-refractivity contribution is 0.278. The highest BCUT2D eigenvalue weighted by atomic mass is 15.1. The molecule has 4 heterocycles. The third-order valence-corrected chi connectivity index (χ3v) is 8.74. The van der Waals surface area contributed by atoms with Gasteiger partial charge in [0.25, 0.3) is 0 Å². The van der Waals surface area contributed by atoms with Crippen LogP contribution in [0.3, 0.4) is 0 Å². The predicted octanol–water partition coefficient (Wildman–Crippen LogP) is 9.87. The molecular weight excluding hydrogens is 552 g/mol. The highest BCUT2D eigenvalue weighted by Gasteiger charge is 2.32. The van der Waals surface area contributed by atoms with Gasteiger partial charge >= 0.3 is 0 Å². The van der Waals surface area contributed by atoms with Crippen LogP contribution >= 0.6 is 0 Å². The molecule has 2 aliphatic carbocycles. The Morgan fingerprint density at radius 1 is 0.889 bits per heavy atom. The quantitative estimate of drug-likeness (QED) is 0.229. The lowest BCUT2D eigenvalue weighted by Gasteiger charge is -2.19. The van der Waals surface area contributed by atoms with Gasteiger partial charge < -0.3 is 10.6 Å². The van der Waals surface area contributed by atoms with Crippen LogP contribution in [-0.2, 0) is 0 Å². The summed E-state index contributed by atoms with van der Waals surface area (Å²) in [4.78, 5) is 17.5. The van der Waals surface area contributed by atoms with Gasteiger partial charge in [0.15, 0.2) is 0 Å². The highest BCUT2D eigenvalue weighted by Crippen LogP contribution is 2.41. The van der Waals surface area contributed by atoms with Gasteiger partial charge in [-0.25, -0.2) is 15.0 Å². The summed E-state index contributed by atoms with van der Waals surface area (Å²) in [6.07, 6.45) is 23.0. The van der Waals surface area contributed by atoms with Crippen molar-refractivity contribution in [3.63, 3.8) is 0 Å². The molecule has 6 nitrogen and oxygen atoms in total. The third kappa shape index (κ3) is 7.91. The average molecular weight is 607 g/mol. The Balaban J connectivity index is 0.000000727. The molecule has 2 N–H and O–H groups in total. The molecule has 2 unspecified atom stereocenters. The van der Waals surface area contributed by atoms with Crippen LogP contribution in [0.25, 0.3) is 33.3 Å². The molecule has 2 fully saturated rings. The molecule has 240 valence electrons. The van der Waals surface area contributed by atoms with Gasteiger partial charge in [-0.1, -0.05) is 90.1 Å². The zero-order valence-corrected chi connectivity index (χ0v) is 28.5. The number of likely N-dealkylation sites (tertiary alicyclic amines) is 1. The molecule has 4 aromatic rings. The number of imidazole rings is 1. The molecule has 1 aromatic carbocycles. The van der Waals surface area contributed by atoms with E-state index < -0.39 is 0 Å². The molecule has 0 amide bonds. The second-order valence-corrected chi connectivity index (χ2v) is 11.4. The van der Waals surface area contributed by atoms with E-state index in [4.69, 9.17) is 15.7 Å². The van der Waals surface area contributed by atoms with E-state index >= 15 is 0 Å². The van der Waals surface area contributed by atoms with Crippen LogP contribution in [0.4, 0.5) is 5.82 Å². The number of pyridine rings is 1. The van der Waals surface area contributed by atoms with E-state index in [1.807, 2.05) is 47.7 Å². The van der Waals surface area contributed by atoms with Crippen LogP contribution in [0.2, 0.25) is 0 Å². The van der Waals surface area contributed by atoms with E-state index in [0.29, 0.717) is 11.7 Å². The normalized spacial score (nSPS) is 22.0. The van der Waals surface area contributed by atoms with Gasteiger partial charge in [-0.3, -0.25) is 4.40 Å². The Morgan fingerprint density at radius 2 is 1.67 bits per heavy atom. The number of nitrogens with two attached hydrogens (primary N) is 1. The summed E-state index contributed by atoms with van der Waals surface area (Å²) in [6.45, 7) is 15.8. The Kier molecular flexibility index (Phi) is 12.9. The molecule has 1 saturated carbocycles. The van der Waals surface area contributed by atoms with Crippen molar-refractivity contribution < 1.29 is 0 Å². The predicted molar refractivity (Wildman–Crippen MR) is 193 cm³/mol. The van der Waals surface area contributed by atoms with Crippen molar-refractivity contribution in [1.82, 2.24) is 24.3 Å². The van der Waals surface area contributed by atoms with Gasteiger partial charge in [0.2, 0.25) is 0 Å². The number of hydrogen-bond donors (Lipinski definition) is 1. The molecular formula is C39H54N6. The van der Waals surface area contributed by atoms with Crippen molar-refractivity contribution in [2.45, 2.75) is 92.4 Å². The fourth-order valence-corrected chi connectivity index (χ4v) is 6.73. The van der Waals surface area contributed by atoms with Crippen LogP contribution in [0.5, 0.6) is 0 Å². The fraction of sp³-hybridized carbons (Fsp3) is 0.462. The van der Waals surface area contributed by atoms with Gasteiger partial charge in [0, 0.05) is 35.8 Å². The molecule has 0 spiro atoms. The first kappa shape index (κ1) is 34.1. The highest BCUT2D eigenvalue weighted by molar-refractivity contribution is 5.91. The maximum atomic E-state index is 6.49. The van der Waals surface area contributed by atoms with Crippen LogP contribution in [0.15, 0.2) is 73.1 Å². The van der Waals surface area contributed by atoms with Crippen molar-refractivity contribution in [2.75, 3.05) is 25.4 Å². The SMILES string of the molecule is CC.CC.CC.Nc1nccn2c(C3CCC(CN4CCCC4)C3)nc(-c3ccc4ccc(/C5=C/C=C\C/C=C\C5)nc4c3)c12. The zero-order chi connectivity index (χ0) is 32.2. The molecule has 3 aliphatic rings. The minimum atomic E-state index is 0.443. The monoisotopic (exact) mass is 606 g/mol. The van der Waals surface area contributed by atoms with Crippen molar-refractivity contribution >= 4 is 27.8 Å². The van der Waals surface area contributed by atoms with E-state index in [9.17, 15) is 0 Å². The maximum absolute atomic E-state index is 6.49. The largest absolute Gasteiger partial charge is 0.382 e. The molecule has 7 rings (SSSR count). The first-order chi connectivity index (χ1) is 22.2. The number of benzene rings is 1. The summed E-state index contributed by atoms with van der Waals surface area (Å²) in [7, 11) is 0. The lowest BCUT2D eigenvalue weighted by Crippen LogP contribution is -2.25. The van der Waals surface area contributed by atoms with Crippen molar-refractivity contribution in [1.29, 1.82) is 0 Å². The number of nitrogen functional groups attached to an aromatic ring is 1. The molecule has 1 saturated heterocycles. The smallest absolute Gasteiger partial charge is 0.150 e. The van der Waals surface area contributed by atoms with Crippen LogP contribution < -0.4 is 5.73 Å². The number of allylic oxidation sites excluding steroid dienone is 6. The van der Waals surface area contributed by atoms with Gasteiger partial charge in [0.05, 0.1) is 11.2 Å². The molecule has 45 heavy (non-hydrogen) atoms. The number of anilines is 1. The number of rotatable bonds is 5. The maximum Gasteiger partial charge on any atom is 0.150 e. The Bertz CT molecular complexity index is 1600. The number of hydrogen-bond acceptors (Lipinski definition) is 5. The minimum Gasteiger partial charge on any atom is -0.382 e. The van der Waals surface area contributed by atoms with Crippen molar-refractivity contribution in [3.8, 4) is 11.3 Å². The fourth-order valence-electron chi connectivity index (χ4n) is 6.73. The van der Waals surface area contributed by atoms with E-state index in [1.165, 1.54) is 57.3 Å². The van der Waals surface area contributed by atoms with E-state index in [0.717, 1.165) is 58.0 Å². The third-order valence-electron chi connectivity index (χ3n) is 8.74. The van der Waals surface area contributed by atoms with Gasteiger partial charge in [-0.05, 0) is 81.7 Å². The summed E-state index contributed by atoms with van der Waals surface area (Å²) >= 11 is 0. The summed E-state index contributed by atoms with van der Waals surface area (Å²) in [6, 6.07) is 10.7. The van der Waals surface area contributed by atoms with Crippen LogP contribution in [0.1, 0.15) is 104 Å². The van der Waals surface area contributed by atoms with Crippen molar-refractivity contribution in [3.05, 3.63) is 84.6 Å². The van der Waals surface area contributed by atoms with Gasteiger partial charge in [-0.2, -0.15) is 0 Å². The van der Waals surface area contributed by atoms with Crippen LogP contribution in [-0.4, -0.2) is 43.9 Å². The van der Waals surface area contributed by atoms with E-state index in [2.05, 4.69) is 75.0 Å². The second-order valence-electron chi connectivity index (χ2n) is 11.4. The van der Waals surface area contributed by atoms with Crippen LogP contribution in [0, 0.1) is 5.92 Å². The topological polar surface area (TPSA) is 72.3 Å². The van der Waals surface area contributed by atoms with E-state index in [1.54, 1.807) is 6.20 Å². The Labute approximate surface area is 271 Å². The number of aromatic nitrogens is 4. The number of fused-ring (bicyclic) bond motifs is 2. The van der Waals surface area contributed by atoms with Gasteiger partial charge in [0.1, 0.15) is 22.9 Å². The summed E-state index contributed by atoms with van der Waals surface area (Å²) in [5.41, 5.74) is 12.5. The number of nitrogens with zero attached hydrogens (tertiary/aromatic N) is 5.